The van der Waals surface area contributed by atoms with Crippen molar-refractivity contribution < 1.29 is 23.4 Å². The third-order valence-corrected chi connectivity index (χ3v) is 2.63. The highest BCUT2D eigenvalue weighted by Crippen LogP contribution is 2.18. The third-order valence-electron chi connectivity index (χ3n) is 2.63. The van der Waals surface area contributed by atoms with Gasteiger partial charge in [0.25, 0.3) is 5.91 Å². The van der Waals surface area contributed by atoms with E-state index in [2.05, 4.69) is 15.3 Å². The fraction of sp³-hybridized carbons (Fsp3) is 0.0667. The number of ether oxygens (including phenoxy) is 1. The van der Waals surface area contributed by atoms with Crippen molar-refractivity contribution in [3.8, 4) is 11.5 Å². The van der Waals surface area contributed by atoms with E-state index in [9.17, 15) is 13.6 Å². The number of halogens is 2. The predicted octanol–water partition coefficient (Wildman–Crippen LogP) is 2.76. The van der Waals surface area contributed by atoms with Crippen LogP contribution in [0.15, 0.2) is 53.6 Å². The van der Waals surface area contributed by atoms with Crippen LogP contribution in [0.3, 0.4) is 0 Å². The third kappa shape index (κ3) is 4.27. The molecule has 2 N–H and O–H groups in total. The second kappa shape index (κ2) is 7.16. The Morgan fingerprint density at radius 1 is 1.18 bits per heavy atom. The minimum absolute atomic E-state index is 0.0399. The summed E-state index contributed by atoms with van der Waals surface area (Å²) in [5.74, 6) is -0.498. The van der Waals surface area contributed by atoms with Crippen LogP contribution < -0.4 is 10.2 Å². The van der Waals surface area contributed by atoms with Crippen LogP contribution in [-0.2, 0) is 0 Å². The zero-order valence-corrected chi connectivity index (χ0v) is 11.2. The number of hydrazone groups is 1. The summed E-state index contributed by atoms with van der Waals surface area (Å²) < 4.78 is 28.8. The van der Waals surface area contributed by atoms with Crippen LogP contribution in [0.25, 0.3) is 0 Å². The molecule has 0 radical (unpaired) electrons. The lowest BCUT2D eigenvalue weighted by Gasteiger charge is -2.06. The smallest absolute Gasteiger partial charge is 0.387 e. The molecule has 0 heterocycles. The van der Waals surface area contributed by atoms with Crippen LogP contribution in [0.1, 0.15) is 15.9 Å². The standard InChI is InChI=1S/C15H12F2N2O3/c16-15(17)22-13-4-2-1-3-11(13)9-18-19-14(21)10-5-7-12(20)8-6-10/h1-9,15,20H,(H,19,21)/b18-9-. The van der Waals surface area contributed by atoms with E-state index in [0.717, 1.165) is 0 Å². The van der Waals surface area contributed by atoms with Crippen molar-refractivity contribution >= 4 is 12.1 Å². The Hall–Kier alpha value is -2.96. The van der Waals surface area contributed by atoms with Crippen LogP contribution in [0.4, 0.5) is 8.78 Å². The molecular weight excluding hydrogens is 294 g/mol. The molecule has 0 aliphatic heterocycles. The molecule has 0 saturated heterocycles. The van der Waals surface area contributed by atoms with Gasteiger partial charge in [-0.1, -0.05) is 12.1 Å². The zero-order valence-electron chi connectivity index (χ0n) is 11.2. The number of phenolic OH excluding ortho intramolecular Hbond substituents is 1. The van der Waals surface area contributed by atoms with Crippen LogP contribution in [-0.4, -0.2) is 23.8 Å². The second-order valence-corrected chi connectivity index (χ2v) is 4.16. The molecule has 2 aromatic carbocycles. The van der Waals surface area contributed by atoms with E-state index < -0.39 is 12.5 Å². The number of carbonyl (C=O) groups excluding carboxylic acids is 1. The van der Waals surface area contributed by atoms with Gasteiger partial charge in [-0.3, -0.25) is 4.79 Å². The Morgan fingerprint density at radius 3 is 2.55 bits per heavy atom. The predicted molar refractivity (Wildman–Crippen MR) is 76.2 cm³/mol. The lowest BCUT2D eigenvalue weighted by Crippen LogP contribution is -2.17. The van der Waals surface area contributed by atoms with Gasteiger partial charge >= 0.3 is 6.61 Å². The maximum Gasteiger partial charge on any atom is 0.387 e. The lowest BCUT2D eigenvalue weighted by molar-refractivity contribution is -0.0499. The first kappa shape index (κ1) is 15.4. The molecular formula is C15H12F2N2O3. The second-order valence-electron chi connectivity index (χ2n) is 4.16. The first-order valence-corrected chi connectivity index (χ1v) is 6.22. The summed E-state index contributed by atoms with van der Waals surface area (Å²) in [4.78, 5) is 11.8. The maximum atomic E-state index is 12.2. The van der Waals surface area contributed by atoms with Gasteiger partial charge < -0.3 is 9.84 Å². The number of alkyl halides is 2. The summed E-state index contributed by atoms with van der Waals surface area (Å²) in [5, 5.41) is 12.8. The molecule has 114 valence electrons. The van der Waals surface area contributed by atoms with E-state index in [-0.39, 0.29) is 11.5 Å². The maximum absolute atomic E-state index is 12.2. The number of nitrogens with one attached hydrogen (secondary N) is 1. The summed E-state index contributed by atoms with van der Waals surface area (Å²) in [6.45, 7) is -2.94. The zero-order chi connectivity index (χ0) is 15.9. The van der Waals surface area contributed by atoms with Crippen molar-refractivity contribution in [2.75, 3.05) is 0 Å². The van der Waals surface area contributed by atoms with E-state index in [0.29, 0.717) is 11.1 Å². The number of benzene rings is 2. The minimum atomic E-state index is -2.94. The number of amides is 1. The Labute approximate surface area is 124 Å². The molecule has 7 heteroatoms. The van der Waals surface area contributed by atoms with E-state index in [4.69, 9.17) is 5.11 Å². The quantitative estimate of drug-likeness (QED) is 0.659. The largest absolute Gasteiger partial charge is 0.508 e. The molecule has 0 aromatic heterocycles. The highest BCUT2D eigenvalue weighted by molar-refractivity contribution is 5.95. The van der Waals surface area contributed by atoms with Crippen molar-refractivity contribution in [2.45, 2.75) is 6.61 Å². The molecule has 0 saturated carbocycles. The summed E-state index contributed by atoms with van der Waals surface area (Å²) >= 11 is 0. The summed E-state index contributed by atoms with van der Waals surface area (Å²) in [5.41, 5.74) is 2.85. The summed E-state index contributed by atoms with van der Waals surface area (Å²) in [6.07, 6.45) is 1.20. The van der Waals surface area contributed by atoms with Crippen molar-refractivity contribution in [3.05, 3.63) is 59.7 Å². The van der Waals surface area contributed by atoms with Gasteiger partial charge in [-0.2, -0.15) is 13.9 Å². The average molecular weight is 306 g/mol. The number of carbonyl (C=O) groups is 1. The van der Waals surface area contributed by atoms with E-state index >= 15 is 0 Å². The molecule has 22 heavy (non-hydrogen) atoms. The molecule has 0 spiro atoms. The van der Waals surface area contributed by atoms with Gasteiger partial charge in [0.1, 0.15) is 11.5 Å². The lowest BCUT2D eigenvalue weighted by atomic mass is 10.2. The van der Waals surface area contributed by atoms with Crippen molar-refractivity contribution in [2.24, 2.45) is 5.10 Å². The number of nitrogens with zero attached hydrogens (tertiary/aromatic N) is 1. The molecule has 1 amide bonds. The van der Waals surface area contributed by atoms with Crippen molar-refractivity contribution in [1.29, 1.82) is 0 Å². The topological polar surface area (TPSA) is 70.9 Å². The summed E-state index contributed by atoms with van der Waals surface area (Å²) in [6, 6.07) is 11.6. The van der Waals surface area contributed by atoms with Gasteiger partial charge in [-0.05, 0) is 36.4 Å². The van der Waals surface area contributed by atoms with Gasteiger partial charge in [0, 0.05) is 11.1 Å². The van der Waals surface area contributed by atoms with Crippen LogP contribution in [0.2, 0.25) is 0 Å². The SMILES string of the molecule is O=C(N/N=C\c1ccccc1OC(F)F)c1ccc(O)cc1. The molecule has 0 aliphatic carbocycles. The normalized spacial score (nSPS) is 10.9. The molecule has 5 nitrogen and oxygen atoms in total. The van der Waals surface area contributed by atoms with Gasteiger partial charge in [-0.15, -0.1) is 0 Å². The number of para-hydroxylation sites is 1. The van der Waals surface area contributed by atoms with Gasteiger partial charge in [0.05, 0.1) is 6.21 Å². The van der Waals surface area contributed by atoms with Crippen LogP contribution in [0, 0.1) is 0 Å². The number of hydrogen-bond acceptors (Lipinski definition) is 4. The van der Waals surface area contributed by atoms with Crippen molar-refractivity contribution in [3.63, 3.8) is 0 Å². The van der Waals surface area contributed by atoms with Crippen LogP contribution >= 0.6 is 0 Å². The highest BCUT2D eigenvalue weighted by atomic mass is 19.3. The molecule has 0 aliphatic rings. The van der Waals surface area contributed by atoms with E-state index in [1.54, 1.807) is 12.1 Å². The fourth-order valence-electron chi connectivity index (χ4n) is 1.63. The Kier molecular flexibility index (Phi) is 5.02. The van der Waals surface area contributed by atoms with Crippen LogP contribution in [0.5, 0.6) is 11.5 Å². The van der Waals surface area contributed by atoms with E-state index in [1.807, 2.05) is 0 Å². The molecule has 0 atom stereocenters. The minimum Gasteiger partial charge on any atom is -0.508 e. The monoisotopic (exact) mass is 306 g/mol. The van der Waals surface area contributed by atoms with Crippen molar-refractivity contribution in [1.82, 2.24) is 5.43 Å². The van der Waals surface area contributed by atoms with Gasteiger partial charge in [0.15, 0.2) is 0 Å². The number of rotatable bonds is 5. The number of hydrogen-bond donors (Lipinski definition) is 2. The molecule has 2 aromatic rings. The number of aromatic hydroxyl groups is 1. The molecule has 0 unspecified atom stereocenters. The van der Waals surface area contributed by atoms with Gasteiger partial charge in [0.2, 0.25) is 0 Å². The van der Waals surface area contributed by atoms with E-state index in [1.165, 1.54) is 42.6 Å². The molecule has 0 bridgehead atoms. The first-order valence-electron chi connectivity index (χ1n) is 6.22. The Bertz CT molecular complexity index is 673. The highest BCUT2D eigenvalue weighted by Gasteiger charge is 2.08. The molecule has 2 rings (SSSR count). The molecule has 0 fully saturated rings. The number of phenols is 1. The Morgan fingerprint density at radius 2 is 1.86 bits per heavy atom. The fourth-order valence-corrected chi connectivity index (χ4v) is 1.63. The Balaban J connectivity index is 2.03. The average Bonchev–Trinajstić information content (AvgIpc) is 2.49. The van der Waals surface area contributed by atoms with Gasteiger partial charge in [-0.25, -0.2) is 5.43 Å². The summed E-state index contributed by atoms with van der Waals surface area (Å²) in [7, 11) is 0. The first-order chi connectivity index (χ1) is 10.6.